The summed E-state index contributed by atoms with van der Waals surface area (Å²) in [6.07, 6.45) is -31.0. The lowest BCUT2D eigenvalue weighted by molar-refractivity contribution is 0.418. The largest absolute Gasteiger partial charge is 0.264 e. The van der Waals surface area contributed by atoms with Crippen LogP contribution in [0.2, 0.25) is 0 Å². The van der Waals surface area contributed by atoms with Crippen molar-refractivity contribution in [2.75, 3.05) is 0 Å². The molecule has 1 nitrogen and oxygen atoms in total. The second kappa shape index (κ2) is 5.86. The number of hydrogen-bond donors (Lipinski definition) is 0. The van der Waals surface area contributed by atoms with Crippen molar-refractivity contribution in [3.05, 3.63) is 29.6 Å². The number of hydrogen-bond acceptors (Lipinski definition) is 1. The molecule has 0 N–H and O–H groups in total. The zero-order valence-corrected chi connectivity index (χ0v) is 9.52. The van der Waals surface area contributed by atoms with Crippen molar-refractivity contribution in [2.24, 2.45) is 0 Å². The molecule has 18 heavy (non-hydrogen) atoms. The summed E-state index contributed by atoms with van der Waals surface area (Å²) in [6.45, 7) is 0. The van der Waals surface area contributed by atoms with Gasteiger partial charge in [-0.2, -0.15) is 0 Å². The maximum atomic E-state index is 9.00. The predicted octanol–water partition coefficient (Wildman–Crippen LogP) is 5.18. The Labute approximate surface area is 138 Å². The van der Waals surface area contributed by atoms with Gasteiger partial charge in [-0.25, -0.2) is 0 Å². The molecule has 0 aliphatic heterocycles. The second-order valence-electron chi connectivity index (χ2n) is 3.76. The van der Waals surface area contributed by atoms with Gasteiger partial charge >= 0.3 is 0 Å². The zero-order valence-electron chi connectivity index (χ0n) is 28.5. The molecule has 2 saturated carbocycles. The fourth-order valence-electron chi connectivity index (χ4n) is 1.81. The van der Waals surface area contributed by atoms with Gasteiger partial charge in [-0.1, -0.05) is 38.2 Å². The van der Waals surface area contributed by atoms with Crippen LogP contribution in [0.4, 0.5) is 0 Å². The van der Waals surface area contributed by atoms with E-state index in [1.807, 2.05) is 0 Å². The van der Waals surface area contributed by atoms with Gasteiger partial charge in [-0.15, -0.1) is 0 Å². The van der Waals surface area contributed by atoms with Gasteiger partial charge in [0.05, 0.1) is 1.37 Å². The van der Waals surface area contributed by atoms with Gasteiger partial charge in [0.1, 0.15) is 0 Å². The summed E-state index contributed by atoms with van der Waals surface area (Å²) in [4.78, 5) is 3.61. The van der Waals surface area contributed by atoms with E-state index in [0.717, 1.165) is 12.3 Å². The molecule has 0 bridgehead atoms. The molecule has 1 heteroatoms. The molecular weight excluding hydrogens is 218 g/mol. The van der Waals surface area contributed by atoms with Gasteiger partial charge in [0.2, 0.25) is 0 Å². The van der Waals surface area contributed by atoms with Crippen molar-refractivity contribution in [1.82, 2.24) is 4.98 Å². The summed E-state index contributed by atoms with van der Waals surface area (Å²) in [7, 11) is 0. The quantitative estimate of drug-likeness (QED) is 0.716. The highest BCUT2D eigenvalue weighted by molar-refractivity contribution is 5.31. The molecule has 1 aromatic heterocycles. The fraction of sp³-hybridized carbons (Fsp3) is 0.706. The first-order valence-electron chi connectivity index (χ1n) is 15.0. The third-order valence-electron chi connectivity index (χ3n) is 2.65. The molecule has 2 unspecified atom stereocenters. The highest BCUT2D eigenvalue weighted by atomic mass is 14.6. The van der Waals surface area contributed by atoms with Crippen LogP contribution in [-0.2, 0) is 0 Å². The summed E-state index contributed by atoms with van der Waals surface area (Å²) < 4.78 is 157. The van der Waals surface area contributed by atoms with Crippen LogP contribution in [0.25, 0.3) is 0 Å². The Kier molecular flexibility index (Phi) is 1.00. The Hall–Kier alpha value is -0.850. The highest BCUT2D eigenvalue weighted by Crippen LogP contribution is 2.40. The topological polar surface area (TPSA) is 12.9 Å². The van der Waals surface area contributed by atoms with E-state index in [-0.39, 0.29) is 0 Å². The lowest BCUT2D eigenvalue weighted by Crippen LogP contribution is -2.12. The monoisotopic (exact) mass is 262 g/mol. The molecule has 0 aromatic carbocycles. The van der Waals surface area contributed by atoms with Crippen LogP contribution in [0, 0.1) is 0 Å². The summed E-state index contributed by atoms with van der Waals surface area (Å²) in [5.41, 5.74) is -1.90. The number of aromatic nitrogens is 1. The van der Waals surface area contributed by atoms with Gasteiger partial charge in [-0.3, -0.25) is 4.98 Å². The average Bonchev–Trinajstić information content (AvgIpc) is 2.70. The molecule has 0 radical (unpaired) electrons. The standard InChI is InChI=1S/C17H25N/c1-3-7-14(8-4-1)16-11-12-18-13-17(16)15-9-5-2-6-10-15/h11-15H,1-10H2/i1D2,2D2,3D2,4D2,5D2,6D2,7D2,9D2,13D,14D,15D. The summed E-state index contributed by atoms with van der Waals surface area (Å²) in [6, 6.07) is 0.798. The van der Waals surface area contributed by atoms with E-state index in [2.05, 4.69) is 4.98 Å². The normalized spacial score (nSPS) is 75.2. The van der Waals surface area contributed by atoms with Crippen LogP contribution < -0.4 is 0 Å². The first kappa shape index (κ1) is 3.07. The maximum Gasteiger partial charge on any atom is 0.0843 e. The molecule has 0 amide bonds. The first-order valence-corrected chi connectivity index (χ1v) is 5.52. The Balaban J connectivity index is 2.45. The van der Waals surface area contributed by atoms with Gasteiger partial charge in [0.15, 0.2) is 0 Å². The van der Waals surface area contributed by atoms with Gasteiger partial charge in [-0.05, 0) is 54.6 Å². The van der Waals surface area contributed by atoms with Crippen molar-refractivity contribution in [2.45, 2.75) is 75.6 Å². The zero-order chi connectivity index (χ0) is 29.3. The van der Waals surface area contributed by atoms with Crippen molar-refractivity contribution in [1.29, 1.82) is 0 Å². The summed E-state index contributed by atoms with van der Waals surface area (Å²) in [5.74, 6) is -6.37. The smallest absolute Gasteiger partial charge is 0.0843 e. The van der Waals surface area contributed by atoms with Gasteiger partial charge in [0, 0.05) is 37.0 Å². The Bertz CT molecular complexity index is 1110. The van der Waals surface area contributed by atoms with E-state index in [9.17, 15) is 0 Å². The van der Waals surface area contributed by atoms with Crippen molar-refractivity contribution >= 4 is 0 Å². The van der Waals surface area contributed by atoms with E-state index in [1.54, 1.807) is 0 Å². The molecule has 2 aliphatic rings. The molecule has 2 aliphatic carbocycles. The SMILES string of the molecule is [2H]c1nccc(C2([2H])CC([2H])([2H])C([2H])([2H])C([2H])([2H])C2([2H])[2H])c1C1([2H])CC([2H])([2H])C([2H])([2H])C([2H])([2H])C1([2H])[2H]. The Morgan fingerprint density at radius 1 is 1.00 bits per heavy atom. The molecule has 3 rings (SSSR count). The van der Waals surface area contributed by atoms with Crippen molar-refractivity contribution in [3.63, 3.8) is 0 Å². The summed E-state index contributed by atoms with van der Waals surface area (Å²) >= 11 is 0. The van der Waals surface area contributed by atoms with E-state index >= 15 is 0 Å². The minimum absolute atomic E-state index is 0.798. The molecule has 0 saturated heterocycles. The minimum Gasteiger partial charge on any atom is -0.264 e. The van der Waals surface area contributed by atoms with Crippen LogP contribution in [0.5, 0.6) is 0 Å². The van der Waals surface area contributed by atoms with Gasteiger partial charge < -0.3 is 0 Å². The lowest BCUT2D eigenvalue weighted by Gasteiger charge is -2.29. The molecule has 2 atom stereocenters. The first-order chi connectivity index (χ1) is 16.1. The molecular formula is C17H25N. The number of nitrogens with zero attached hydrogens (tertiary/aromatic N) is 1. The van der Waals surface area contributed by atoms with Crippen LogP contribution in [-0.4, -0.2) is 4.98 Å². The number of pyridine rings is 1. The van der Waals surface area contributed by atoms with E-state index in [4.69, 9.17) is 26.0 Å². The molecule has 2 fully saturated rings. The highest BCUT2D eigenvalue weighted by Gasteiger charge is 2.23. The third-order valence-corrected chi connectivity index (χ3v) is 2.65. The molecule has 1 aromatic rings. The van der Waals surface area contributed by atoms with Crippen LogP contribution in [0.15, 0.2) is 18.4 Å². The van der Waals surface area contributed by atoms with E-state index < -0.39 is 92.9 Å². The van der Waals surface area contributed by atoms with E-state index in [1.165, 1.54) is 0 Å². The average molecular weight is 263 g/mol. The Morgan fingerprint density at radius 2 is 1.67 bits per heavy atom. The van der Waals surface area contributed by atoms with Crippen LogP contribution >= 0.6 is 0 Å². The molecule has 0 spiro atoms. The van der Waals surface area contributed by atoms with E-state index in [0.29, 0.717) is 0 Å². The molecule has 1 heterocycles. The van der Waals surface area contributed by atoms with Gasteiger partial charge in [0.25, 0.3) is 0 Å². The van der Waals surface area contributed by atoms with Crippen LogP contribution in [0.3, 0.4) is 0 Å². The predicted molar refractivity (Wildman–Crippen MR) is 75.9 cm³/mol. The number of rotatable bonds is 2. The molecule has 98 valence electrons. The fourth-order valence-corrected chi connectivity index (χ4v) is 1.81. The summed E-state index contributed by atoms with van der Waals surface area (Å²) in [5, 5.41) is 0. The third kappa shape index (κ3) is 2.60. The minimum atomic E-state index is -3.72. The second-order valence-corrected chi connectivity index (χ2v) is 3.76. The Morgan fingerprint density at radius 3 is 2.39 bits per heavy atom. The lowest BCUT2D eigenvalue weighted by atomic mass is 9.77. The maximum absolute atomic E-state index is 9.00. The van der Waals surface area contributed by atoms with Crippen molar-refractivity contribution in [3.8, 4) is 0 Å². The van der Waals surface area contributed by atoms with Crippen LogP contribution in [0.1, 0.15) is 113 Å². The van der Waals surface area contributed by atoms with Crippen molar-refractivity contribution < 1.29 is 26.0 Å².